The Bertz CT molecular complexity index is 1620. The number of rotatable bonds is 16. The van der Waals surface area contributed by atoms with Gasteiger partial charge in [-0.1, -0.05) is 98.2 Å². The lowest BCUT2D eigenvalue weighted by molar-refractivity contribution is -0.154. The second-order valence-electron chi connectivity index (χ2n) is 10.7. The third-order valence-corrected chi connectivity index (χ3v) is 9.62. The van der Waals surface area contributed by atoms with Crippen molar-refractivity contribution in [1.29, 1.82) is 0 Å². The van der Waals surface area contributed by atoms with Crippen molar-refractivity contribution in [3.63, 3.8) is 0 Å². The number of allylic oxidation sites excluding steroid dienone is 1. The molecule has 1 unspecified atom stereocenters. The number of carbonyl (C=O) groups excluding carboxylic acids is 4. The molecule has 2 aliphatic rings. The van der Waals surface area contributed by atoms with E-state index in [-0.39, 0.29) is 22.2 Å². The van der Waals surface area contributed by atoms with Crippen LogP contribution in [-0.2, 0) is 28.8 Å². The topological polar surface area (TPSA) is 139 Å². The average Bonchev–Trinajstić information content (AvgIpc) is 3.57. The number of esters is 1. The van der Waals surface area contributed by atoms with Crippen LogP contribution >= 0.6 is 23.1 Å². The van der Waals surface area contributed by atoms with Crippen molar-refractivity contribution in [3.8, 4) is 0 Å². The summed E-state index contributed by atoms with van der Waals surface area (Å²) >= 11 is 2.52. The molecule has 47 heavy (non-hydrogen) atoms. The van der Waals surface area contributed by atoms with Crippen molar-refractivity contribution >= 4 is 58.1 Å². The maximum Gasteiger partial charge on any atom is 0.356 e. The molecule has 2 aliphatic heterocycles. The van der Waals surface area contributed by atoms with Crippen LogP contribution in [0.1, 0.15) is 55.5 Å². The molecule has 3 heterocycles. The molecular formula is C34H35N5O6S2. The van der Waals surface area contributed by atoms with Gasteiger partial charge in [-0.15, -0.1) is 23.1 Å². The standard InChI is InChI=1S/C34H35N5O6S2/c1-3-5-6-13-18-44-38-26(25-20-47-34(36-25)35-21-40)30(41)37-27-31(42)39-28(22(4-2)19-46-32(27)39)33(43)45-29(23-14-9-7-10-15-23)24-16-11-8-12-17-24/h4,7-12,14-17,20-21,27,29,32H,2-3,5-6,13,18-19H2,1H3,(H,37,41)(H,35,36,40)/t27?,32-/m0/s1. The highest BCUT2D eigenvalue weighted by atomic mass is 32.2. The predicted octanol–water partition coefficient (Wildman–Crippen LogP) is 5.19. The maximum absolute atomic E-state index is 13.9. The van der Waals surface area contributed by atoms with Crippen molar-refractivity contribution in [1.82, 2.24) is 15.2 Å². The van der Waals surface area contributed by atoms with Crippen LogP contribution < -0.4 is 10.6 Å². The van der Waals surface area contributed by atoms with Gasteiger partial charge < -0.3 is 20.2 Å². The smallest absolute Gasteiger partial charge is 0.356 e. The molecule has 3 amide bonds. The van der Waals surface area contributed by atoms with Gasteiger partial charge in [0, 0.05) is 11.1 Å². The van der Waals surface area contributed by atoms with Crippen LogP contribution in [0.5, 0.6) is 0 Å². The first-order valence-electron chi connectivity index (χ1n) is 15.2. The van der Waals surface area contributed by atoms with Crippen molar-refractivity contribution in [2.75, 3.05) is 17.7 Å². The number of anilines is 1. The van der Waals surface area contributed by atoms with Crippen LogP contribution in [0.4, 0.5) is 5.13 Å². The lowest BCUT2D eigenvalue weighted by Gasteiger charge is -2.49. The number of hydrogen-bond acceptors (Lipinski definition) is 10. The van der Waals surface area contributed by atoms with Gasteiger partial charge in [0.2, 0.25) is 6.41 Å². The molecule has 3 aromatic rings. The zero-order valence-electron chi connectivity index (χ0n) is 25.8. The minimum absolute atomic E-state index is 0.101. The summed E-state index contributed by atoms with van der Waals surface area (Å²) in [6.45, 7) is 6.28. The quantitative estimate of drug-likeness (QED) is 0.0530. The Morgan fingerprint density at radius 3 is 2.45 bits per heavy atom. The summed E-state index contributed by atoms with van der Waals surface area (Å²) in [5, 5.41) is 10.6. The SMILES string of the molecule is C=CC1=C(C(=O)OC(c2ccccc2)c2ccccc2)N2C(=O)C(NC(=O)C(=NOCCCCCC)c3csc(NC=O)n3)[C@@H]2SC1. The minimum atomic E-state index is -0.943. The predicted molar refractivity (Wildman–Crippen MR) is 181 cm³/mol. The third kappa shape index (κ3) is 7.80. The zero-order chi connectivity index (χ0) is 33.2. The number of unbranched alkanes of at least 4 members (excludes halogenated alkanes) is 3. The number of β-lactam (4-membered cyclic amide) rings is 1. The van der Waals surface area contributed by atoms with Gasteiger partial charge in [-0.2, -0.15) is 0 Å². The number of thioether (sulfide) groups is 1. The highest BCUT2D eigenvalue weighted by Gasteiger charge is 2.54. The van der Waals surface area contributed by atoms with E-state index in [4.69, 9.17) is 9.57 Å². The number of oxime groups is 1. The molecule has 2 atom stereocenters. The van der Waals surface area contributed by atoms with Crippen LogP contribution in [0, 0.1) is 0 Å². The molecule has 1 aromatic heterocycles. The van der Waals surface area contributed by atoms with Gasteiger partial charge in [0.1, 0.15) is 29.4 Å². The first kappa shape index (κ1) is 33.6. The van der Waals surface area contributed by atoms with Gasteiger partial charge in [0.25, 0.3) is 11.8 Å². The Kier molecular flexibility index (Phi) is 11.6. The number of ether oxygens (including phenoxy) is 1. The molecule has 11 nitrogen and oxygen atoms in total. The summed E-state index contributed by atoms with van der Waals surface area (Å²) in [4.78, 5) is 63.0. The Morgan fingerprint density at radius 2 is 1.81 bits per heavy atom. The number of nitrogens with zero attached hydrogens (tertiary/aromatic N) is 3. The van der Waals surface area contributed by atoms with E-state index in [0.717, 1.165) is 48.1 Å². The van der Waals surface area contributed by atoms with Crippen molar-refractivity contribution in [2.24, 2.45) is 5.16 Å². The maximum atomic E-state index is 13.9. The fraction of sp³-hybridized carbons (Fsp3) is 0.294. The van der Waals surface area contributed by atoms with Crippen LogP contribution in [0.2, 0.25) is 0 Å². The van der Waals surface area contributed by atoms with E-state index in [1.807, 2.05) is 60.7 Å². The molecule has 0 aliphatic carbocycles. The second kappa shape index (κ2) is 16.2. The Hall–Kier alpha value is -4.75. The molecular weight excluding hydrogens is 639 g/mol. The summed E-state index contributed by atoms with van der Waals surface area (Å²) in [6.07, 6.45) is 5.19. The molecule has 1 saturated heterocycles. The molecule has 13 heteroatoms. The molecule has 2 aromatic carbocycles. The van der Waals surface area contributed by atoms with E-state index in [0.29, 0.717) is 24.3 Å². The Balaban J connectivity index is 1.33. The van der Waals surface area contributed by atoms with Gasteiger partial charge in [-0.05, 0) is 29.5 Å². The highest BCUT2D eigenvalue weighted by molar-refractivity contribution is 8.00. The number of nitrogens with one attached hydrogen (secondary N) is 2. The number of aromatic nitrogens is 1. The van der Waals surface area contributed by atoms with Crippen LogP contribution in [0.25, 0.3) is 0 Å². The number of thiazole rings is 1. The fourth-order valence-corrected chi connectivity index (χ4v) is 7.15. The Morgan fingerprint density at radius 1 is 1.11 bits per heavy atom. The van der Waals surface area contributed by atoms with E-state index >= 15 is 0 Å². The number of carbonyl (C=O) groups is 4. The summed E-state index contributed by atoms with van der Waals surface area (Å²) in [5.41, 5.74) is 2.29. The highest BCUT2D eigenvalue weighted by Crippen LogP contribution is 2.42. The van der Waals surface area contributed by atoms with Gasteiger partial charge in [0.15, 0.2) is 16.9 Å². The molecule has 5 rings (SSSR count). The summed E-state index contributed by atoms with van der Waals surface area (Å²) in [6, 6.07) is 17.8. The molecule has 0 saturated carbocycles. The zero-order valence-corrected chi connectivity index (χ0v) is 27.4. The van der Waals surface area contributed by atoms with Crippen molar-refractivity contribution < 1.29 is 28.8 Å². The van der Waals surface area contributed by atoms with E-state index in [1.54, 1.807) is 11.5 Å². The second-order valence-corrected chi connectivity index (χ2v) is 12.6. The fourth-order valence-electron chi connectivity index (χ4n) is 5.15. The largest absolute Gasteiger partial charge is 0.448 e. The average molecular weight is 674 g/mol. The summed E-state index contributed by atoms with van der Waals surface area (Å²) < 4.78 is 6.10. The molecule has 0 radical (unpaired) electrons. The Labute approximate surface area is 281 Å². The first-order chi connectivity index (χ1) is 23.0. The monoisotopic (exact) mass is 673 g/mol. The number of fused-ring (bicyclic) bond motifs is 1. The van der Waals surface area contributed by atoms with Gasteiger partial charge in [-0.25, -0.2) is 9.78 Å². The number of hydrogen-bond donors (Lipinski definition) is 2. The lowest BCUT2D eigenvalue weighted by Crippen LogP contribution is -2.71. The van der Waals surface area contributed by atoms with Gasteiger partial charge in [0.05, 0.1) is 0 Å². The first-order valence-corrected chi connectivity index (χ1v) is 17.2. The van der Waals surface area contributed by atoms with Crippen molar-refractivity contribution in [3.05, 3.63) is 107 Å². The van der Waals surface area contributed by atoms with E-state index in [9.17, 15) is 19.2 Å². The number of benzene rings is 2. The van der Waals surface area contributed by atoms with Crippen LogP contribution in [0.3, 0.4) is 0 Å². The van der Waals surface area contributed by atoms with Gasteiger partial charge in [-0.3, -0.25) is 19.3 Å². The molecule has 0 spiro atoms. The van der Waals surface area contributed by atoms with E-state index < -0.39 is 35.3 Å². The molecule has 244 valence electrons. The van der Waals surface area contributed by atoms with Crippen LogP contribution in [-0.4, -0.2) is 63.6 Å². The molecule has 1 fully saturated rings. The summed E-state index contributed by atoms with van der Waals surface area (Å²) in [5.74, 6) is -1.43. The van der Waals surface area contributed by atoms with Gasteiger partial charge >= 0.3 is 5.97 Å². The third-order valence-electron chi connectivity index (χ3n) is 7.54. The summed E-state index contributed by atoms with van der Waals surface area (Å²) in [7, 11) is 0. The van der Waals surface area contributed by atoms with Crippen LogP contribution in [0.15, 0.2) is 95.1 Å². The van der Waals surface area contributed by atoms with E-state index in [2.05, 4.69) is 34.3 Å². The van der Waals surface area contributed by atoms with E-state index in [1.165, 1.54) is 16.7 Å². The molecule has 0 bridgehead atoms. The van der Waals surface area contributed by atoms with Crippen molar-refractivity contribution in [2.45, 2.75) is 50.1 Å². The molecule has 2 N–H and O–H groups in total. The lowest BCUT2D eigenvalue weighted by atomic mass is 10.0. The normalized spacial score (nSPS) is 17.4. The number of amides is 3. The minimum Gasteiger partial charge on any atom is -0.448 e.